The molecule has 0 atom stereocenters. The Labute approximate surface area is 251 Å². The fourth-order valence-electron chi connectivity index (χ4n) is 5.46. The number of pyridine rings is 1. The summed E-state index contributed by atoms with van der Waals surface area (Å²) in [6.45, 7) is 4.94. The molecule has 0 aliphatic carbocycles. The lowest BCUT2D eigenvalue weighted by atomic mass is 10.0. The topological polar surface area (TPSA) is 101 Å². The van der Waals surface area contributed by atoms with Crippen molar-refractivity contribution in [3.63, 3.8) is 0 Å². The Morgan fingerprint density at radius 1 is 0.930 bits per heavy atom. The quantitative estimate of drug-likeness (QED) is 0.312. The standard InChI is InChI=1S/C33H37N5O5/c1-24-31(32(35-43-24)27-13-5-7-15-29(27)42-3)33(40)37-20-19-36(22-26-12-8-9-16-34-26)17-10-18-38(30(39)23-41-2)28-14-6-4-11-25(28)21-37/h4-9,11-16H,10,17-23H2,1-3H3. The van der Waals surface area contributed by atoms with Gasteiger partial charge in [-0.15, -0.1) is 0 Å². The molecule has 1 aliphatic heterocycles. The molecule has 224 valence electrons. The smallest absolute Gasteiger partial charge is 0.260 e. The van der Waals surface area contributed by atoms with Crippen LogP contribution in [0.3, 0.4) is 0 Å². The van der Waals surface area contributed by atoms with Crippen LogP contribution in [-0.2, 0) is 22.6 Å². The number of fused-ring (bicyclic) bond motifs is 1. The van der Waals surface area contributed by atoms with Crippen molar-refractivity contribution in [2.75, 3.05) is 51.9 Å². The van der Waals surface area contributed by atoms with E-state index < -0.39 is 0 Å². The molecule has 3 heterocycles. The van der Waals surface area contributed by atoms with Crippen molar-refractivity contribution in [1.29, 1.82) is 0 Å². The fraction of sp³-hybridized carbons (Fsp3) is 0.333. The first-order chi connectivity index (χ1) is 21.0. The van der Waals surface area contributed by atoms with Crippen LogP contribution in [0.2, 0.25) is 0 Å². The summed E-state index contributed by atoms with van der Waals surface area (Å²) >= 11 is 0. The van der Waals surface area contributed by atoms with E-state index in [-0.39, 0.29) is 18.4 Å². The van der Waals surface area contributed by atoms with Crippen LogP contribution in [0.15, 0.2) is 77.4 Å². The first kappa shape index (κ1) is 29.9. The first-order valence-corrected chi connectivity index (χ1v) is 14.4. The third-order valence-corrected chi connectivity index (χ3v) is 7.59. The van der Waals surface area contributed by atoms with Crippen LogP contribution in [0.4, 0.5) is 5.69 Å². The maximum atomic E-state index is 14.5. The van der Waals surface area contributed by atoms with E-state index in [1.165, 1.54) is 7.11 Å². The van der Waals surface area contributed by atoms with Gasteiger partial charge in [0, 0.05) is 63.8 Å². The molecule has 0 fully saturated rings. The number of carbonyl (C=O) groups excluding carboxylic acids is 2. The van der Waals surface area contributed by atoms with E-state index in [1.54, 1.807) is 25.1 Å². The lowest BCUT2D eigenvalue weighted by Crippen LogP contribution is -2.39. The van der Waals surface area contributed by atoms with Crippen molar-refractivity contribution >= 4 is 17.5 Å². The summed E-state index contributed by atoms with van der Waals surface area (Å²) in [5.74, 6) is 0.690. The SMILES string of the molecule is COCC(=O)N1CCCN(Cc2ccccn2)CCN(C(=O)c2c(-c3ccccc3OC)noc2C)Cc2ccccc21. The minimum Gasteiger partial charge on any atom is -0.496 e. The molecule has 10 nitrogen and oxygen atoms in total. The molecule has 0 saturated carbocycles. The van der Waals surface area contributed by atoms with Crippen LogP contribution in [0.5, 0.6) is 5.75 Å². The fourth-order valence-corrected chi connectivity index (χ4v) is 5.46. The number of aromatic nitrogens is 2. The summed E-state index contributed by atoms with van der Waals surface area (Å²) in [5, 5.41) is 4.28. The van der Waals surface area contributed by atoms with Crippen molar-refractivity contribution in [2.24, 2.45) is 0 Å². The maximum Gasteiger partial charge on any atom is 0.260 e. The van der Waals surface area contributed by atoms with E-state index in [1.807, 2.05) is 71.6 Å². The van der Waals surface area contributed by atoms with E-state index in [4.69, 9.17) is 14.0 Å². The second kappa shape index (κ2) is 14.1. The molecule has 5 rings (SSSR count). The zero-order valence-corrected chi connectivity index (χ0v) is 24.9. The normalized spacial score (nSPS) is 14.6. The van der Waals surface area contributed by atoms with Crippen LogP contribution >= 0.6 is 0 Å². The summed E-state index contributed by atoms with van der Waals surface area (Å²) in [6.07, 6.45) is 2.53. The molecule has 0 spiro atoms. The summed E-state index contributed by atoms with van der Waals surface area (Å²) in [6, 6.07) is 21.0. The van der Waals surface area contributed by atoms with Crippen LogP contribution in [0.25, 0.3) is 11.3 Å². The molecule has 4 aromatic rings. The number of hydrogen-bond donors (Lipinski definition) is 0. The van der Waals surface area contributed by atoms with E-state index in [0.717, 1.165) is 29.9 Å². The number of benzene rings is 2. The van der Waals surface area contributed by atoms with Gasteiger partial charge in [0.15, 0.2) is 0 Å². The van der Waals surface area contributed by atoms with Crippen molar-refractivity contribution in [3.8, 4) is 17.0 Å². The number of nitrogens with zero attached hydrogens (tertiary/aromatic N) is 5. The van der Waals surface area contributed by atoms with Crippen molar-refractivity contribution in [2.45, 2.75) is 26.4 Å². The number of para-hydroxylation sites is 2. The molecule has 0 saturated heterocycles. The number of methoxy groups -OCH3 is 2. The second-order valence-corrected chi connectivity index (χ2v) is 10.4. The number of rotatable bonds is 7. The second-order valence-electron chi connectivity index (χ2n) is 10.4. The molecular weight excluding hydrogens is 546 g/mol. The lowest BCUT2D eigenvalue weighted by molar-refractivity contribution is -0.122. The monoisotopic (exact) mass is 583 g/mol. The maximum absolute atomic E-state index is 14.5. The van der Waals surface area contributed by atoms with Gasteiger partial charge in [0.25, 0.3) is 11.8 Å². The average molecular weight is 584 g/mol. The van der Waals surface area contributed by atoms with Crippen LogP contribution in [-0.4, -0.2) is 78.8 Å². The molecule has 43 heavy (non-hydrogen) atoms. The summed E-state index contributed by atoms with van der Waals surface area (Å²) in [4.78, 5) is 38.1. The Morgan fingerprint density at radius 3 is 2.51 bits per heavy atom. The summed E-state index contributed by atoms with van der Waals surface area (Å²) in [7, 11) is 3.11. The highest BCUT2D eigenvalue weighted by atomic mass is 16.5. The Bertz CT molecular complexity index is 1540. The molecule has 0 radical (unpaired) electrons. The molecule has 2 amide bonds. The van der Waals surface area contributed by atoms with Crippen molar-refractivity contribution in [3.05, 3.63) is 95.5 Å². The van der Waals surface area contributed by atoms with Gasteiger partial charge < -0.3 is 23.8 Å². The Hall–Kier alpha value is -4.54. The molecule has 2 aromatic carbocycles. The van der Waals surface area contributed by atoms with Crippen molar-refractivity contribution in [1.82, 2.24) is 19.9 Å². The van der Waals surface area contributed by atoms with Gasteiger partial charge in [-0.1, -0.05) is 41.6 Å². The van der Waals surface area contributed by atoms with E-state index >= 15 is 0 Å². The van der Waals surface area contributed by atoms with Gasteiger partial charge in [-0.2, -0.15) is 0 Å². The number of carbonyl (C=O) groups is 2. The van der Waals surface area contributed by atoms with E-state index in [2.05, 4.69) is 15.0 Å². The zero-order chi connectivity index (χ0) is 30.2. The first-order valence-electron chi connectivity index (χ1n) is 14.4. The predicted octanol–water partition coefficient (Wildman–Crippen LogP) is 4.58. The minimum atomic E-state index is -0.207. The Balaban J connectivity index is 1.54. The van der Waals surface area contributed by atoms with Gasteiger partial charge in [0.2, 0.25) is 0 Å². The van der Waals surface area contributed by atoms with E-state index in [0.29, 0.717) is 61.1 Å². The summed E-state index contributed by atoms with van der Waals surface area (Å²) in [5.41, 5.74) is 4.08. The predicted molar refractivity (Wildman–Crippen MR) is 163 cm³/mol. The van der Waals surface area contributed by atoms with Gasteiger partial charge in [-0.25, -0.2) is 0 Å². The third-order valence-electron chi connectivity index (χ3n) is 7.59. The van der Waals surface area contributed by atoms with Crippen LogP contribution in [0, 0.1) is 6.92 Å². The van der Waals surface area contributed by atoms with Gasteiger partial charge in [0.05, 0.1) is 12.8 Å². The van der Waals surface area contributed by atoms with E-state index in [9.17, 15) is 9.59 Å². The molecule has 0 unspecified atom stereocenters. The molecule has 0 N–H and O–H groups in total. The van der Waals surface area contributed by atoms with Gasteiger partial charge in [-0.05, 0) is 49.2 Å². The highest BCUT2D eigenvalue weighted by Gasteiger charge is 2.30. The summed E-state index contributed by atoms with van der Waals surface area (Å²) < 4.78 is 16.4. The molecular formula is C33H37N5O5. The van der Waals surface area contributed by atoms with Gasteiger partial charge in [0.1, 0.15) is 29.4 Å². The Morgan fingerprint density at radius 2 is 1.72 bits per heavy atom. The zero-order valence-electron chi connectivity index (χ0n) is 24.9. The number of anilines is 1. The number of amides is 2. The van der Waals surface area contributed by atoms with Crippen molar-refractivity contribution < 1.29 is 23.6 Å². The van der Waals surface area contributed by atoms with Crippen LogP contribution < -0.4 is 9.64 Å². The third kappa shape index (κ3) is 6.93. The molecule has 10 heteroatoms. The number of ether oxygens (including phenoxy) is 2. The Kier molecular flexibility index (Phi) is 9.81. The lowest BCUT2D eigenvalue weighted by Gasteiger charge is -2.28. The highest BCUT2D eigenvalue weighted by Crippen LogP contribution is 2.34. The molecule has 2 aromatic heterocycles. The largest absolute Gasteiger partial charge is 0.496 e. The molecule has 0 bridgehead atoms. The average Bonchev–Trinajstić information content (AvgIpc) is 3.40. The number of hydrogen-bond acceptors (Lipinski definition) is 8. The van der Waals surface area contributed by atoms with Crippen LogP contribution in [0.1, 0.15) is 33.8 Å². The molecule has 1 aliphatic rings. The number of aryl methyl sites for hydroxylation is 1. The van der Waals surface area contributed by atoms with Gasteiger partial charge in [-0.3, -0.25) is 19.5 Å². The highest BCUT2D eigenvalue weighted by molar-refractivity contribution is 6.01. The minimum absolute atomic E-state index is 0.0310. The van der Waals surface area contributed by atoms with Gasteiger partial charge >= 0.3 is 0 Å².